The molecule has 0 atom stereocenters. The largest absolute Gasteiger partial charge is 0.327 e. The summed E-state index contributed by atoms with van der Waals surface area (Å²) < 4.78 is 28.4. The van der Waals surface area contributed by atoms with Gasteiger partial charge in [0.2, 0.25) is 5.91 Å². The monoisotopic (exact) mass is 396 g/mol. The van der Waals surface area contributed by atoms with Crippen molar-refractivity contribution < 1.29 is 13.6 Å². The number of hydrogen-bond donors (Lipinski definition) is 1. The zero-order chi connectivity index (χ0) is 19.5. The smallest absolute Gasteiger partial charge is 0.244 e. The van der Waals surface area contributed by atoms with Crippen LogP contribution in [0.3, 0.4) is 0 Å². The molecule has 4 rings (SSSR count). The molecule has 0 spiro atoms. The number of imidazole rings is 1. The van der Waals surface area contributed by atoms with Gasteiger partial charge in [-0.2, -0.15) is 0 Å². The van der Waals surface area contributed by atoms with E-state index < -0.39 is 17.5 Å². The summed E-state index contributed by atoms with van der Waals surface area (Å²) in [4.78, 5) is 21.0. The minimum Gasteiger partial charge on any atom is -0.327 e. The summed E-state index contributed by atoms with van der Waals surface area (Å²) in [6, 6.07) is 12.7. The molecule has 0 saturated heterocycles. The number of aromatic nitrogens is 3. The molecule has 28 heavy (non-hydrogen) atoms. The van der Waals surface area contributed by atoms with Crippen molar-refractivity contribution in [2.24, 2.45) is 0 Å². The molecule has 0 fully saturated rings. The molecule has 5 nitrogen and oxygen atoms in total. The predicted octanol–water partition coefficient (Wildman–Crippen LogP) is 4.59. The van der Waals surface area contributed by atoms with E-state index in [-0.39, 0.29) is 12.2 Å². The molecule has 2 heterocycles. The standard InChI is InChI=1S/C20H14F2N4OS/c21-14-6-7-15(22)16(8-14)24-19(27)10-26-9-17(23-12-26)20-25-18(11-28-20)13-4-2-1-3-5-13/h1-9,11-12H,10H2,(H,24,27). The first-order valence-electron chi connectivity index (χ1n) is 8.36. The lowest BCUT2D eigenvalue weighted by Gasteiger charge is -2.06. The Bertz CT molecular complexity index is 1120. The lowest BCUT2D eigenvalue weighted by Crippen LogP contribution is -2.18. The molecular formula is C20H14F2N4OS. The third-order valence-electron chi connectivity index (χ3n) is 3.95. The third kappa shape index (κ3) is 3.96. The molecule has 140 valence electrons. The first kappa shape index (κ1) is 18.0. The van der Waals surface area contributed by atoms with Crippen LogP contribution in [0, 0.1) is 11.6 Å². The summed E-state index contributed by atoms with van der Waals surface area (Å²) in [5, 5.41) is 5.04. The van der Waals surface area contributed by atoms with E-state index in [0.29, 0.717) is 5.69 Å². The second-order valence-electron chi connectivity index (χ2n) is 6.01. The average molecular weight is 396 g/mol. The first-order chi connectivity index (χ1) is 13.6. The lowest BCUT2D eigenvalue weighted by molar-refractivity contribution is -0.116. The second kappa shape index (κ2) is 7.69. The normalized spacial score (nSPS) is 10.8. The number of anilines is 1. The number of hydrogen-bond acceptors (Lipinski definition) is 4. The summed E-state index contributed by atoms with van der Waals surface area (Å²) in [7, 11) is 0. The maximum atomic E-state index is 13.6. The third-order valence-corrected chi connectivity index (χ3v) is 4.82. The van der Waals surface area contributed by atoms with Gasteiger partial charge in [0, 0.05) is 23.2 Å². The van der Waals surface area contributed by atoms with Crippen molar-refractivity contribution in [1.29, 1.82) is 0 Å². The van der Waals surface area contributed by atoms with Crippen LogP contribution in [0.5, 0.6) is 0 Å². The zero-order valence-electron chi connectivity index (χ0n) is 14.5. The van der Waals surface area contributed by atoms with E-state index in [9.17, 15) is 13.6 Å². The first-order valence-corrected chi connectivity index (χ1v) is 9.24. The molecule has 2 aromatic carbocycles. The summed E-state index contributed by atoms with van der Waals surface area (Å²) in [5.74, 6) is -1.81. The number of nitrogens with zero attached hydrogens (tertiary/aromatic N) is 3. The Labute approximate surface area is 163 Å². The van der Waals surface area contributed by atoms with Crippen molar-refractivity contribution in [3.63, 3.8) is 0 Å². The highest BCUT2D eigenvalue weighted by atomic mass is 32.1. The zero-order valence-corrected chi connectivity index (χ0v) is 15.3. The van der Waals surface area contributed by atoms with Gasteiger partial charge in [-0.25, -0.2) is 18.7 Å². The summed E-state index contributed by atoms with van der Waals surface area (Å²) >= 11 is 1.46. The summed E-state index contributed by atoms with van der Waals surface area (Å²) in [6.07, 6.45) is 3.19. The molecule has 1 amide bonds. The van der Waals surface area contributed by atoms with Gasteiger partial charge in [-0.3, -0.25) is 4.79 Å². The van der Waals surface area contributed by atoms with Gasteiger partial charge in [-0.05, 0) is 12.1 Å². The number of benzene rings is 2. The van der Waals surface area contributed by atoms with Crippen molar-refractivity contribution in [3.8, 4) is 22.0 Å². The van der Waals surface area contributed by atoms with E-state index in [1.807, 2.05) is 35.7 Å². The molecule has 8 heteroatoms. The maximum absolute atomic E-state index is 13.6. The Morgan fingerprint density at radius 3 is 2.75 bits per heavy atom. The molecule has 0 aliphatic heterocycles. The van der Waals surface area contributed by atoms with Crippen LogP contribution in [0.15, 0.2) is 66.4 Å². The molecular weight excluding hydrogens is 382 g/mol. The minimum atomic E-state index is -0.697. The highest BCUT2D eigenvalue weighted by Crippen LogP contribution is 2.27. The van der Waals surface area contributed by atoms with Gasteiger partial charge in [0.15, 0.2) is 0 Å². The quantitative estimate of drug-likeness (QED) is 0.537. The highest BCUT2D eigenvalue weighted by Gasteiger charge is 2.12. The number of rotatable bonds is 5. The van der Waals surface area contributed by atoms with Gasteiger partial charge in [0.25, 0.3) is 0 Å². The molecule has 0 radical (unpaired) electrons. The van der Waals surface area contributed by atoms with Crippen molar-refractivity contribution in [2.45, 2.75) is 6.54 Å². The fourth-order valence-corrected chi connectivity index (χ4v) is 3.43. The number of amides is 1. The maximum Gasteiger partial charge on any atom is 0.244 e. The average Bonchev–Trinajstić information content (AvgIpc) is 3.35. The number of thiazole rings is 1. The van der Waals surface area contributed by atoms with Gasteiger partial charge >= 0.3 is 0 Å². The van der Waals surface area contributed by atoms with E-state index in [0.717, 1.165) is 34.5 Å². The molecule has 1 N–H and O–H groups in total. The minimum absolute atomic E-state index is 0.0835. The second-order valence-corrected chi connectivity index (χ2v) is 6.87. The van der Waals surface area contributed by atoms with Crippen LogP contribution in [-0.4, -0.2) is 20.4 Å². The van der Waals surface area contributed by atoms with Crippen molar-refractivity contribution >= 4 is 22.9 Å². The number of nitrogens with one attached hydrogen (secondary N) is 1. The molecule has 0 saturated carbocycles. The summed E-state index contributed by atoms with van der Waals surface area (Å²) in [6.45, 7) is -0.0835. The Balaban J connectivity index is 1.45. The molecule has 0 aliphatic rings. The molecule has 2 aromatic heterocycles. The molecule has 0 unspecified atom stereocenters. The fraction of sp³-hybridized carbons (Fsp3) is 0.0500. The Morgan fingerprint density at radius 2 is 1.93 bits per heavy atom. The molecule has 0 bridgehead atoms. The van der Waals surface area contributed by atoms with Crippen LogP contribution in [0.25, 0.3) is 22.0 Å². The van der Waals surface area contributed by atoms with Crippen LogP contribution in [0.4, 0.5) is 14.5 Å². The Morgan fingerprint density at radius 1 is 1.11 bits per heavy atom. The van der Waals surface area contributed by atoms with Gasteiger partial charge in [0.1, 0.15) is 28.9 Å². The van der Waals surface area contributed by atoms with E-state index in [4.69, 9.17) is 0 Å². The van der Waals surface area contributed by atoms with Crippen molar-refractivity contribution in [2.75, 3.05) is 5.32 Å². The van der Waals surface area contributed by atoms with Crippen LogP contribution in [0.2, 0.25) is 0 Å². The Kier molecular flexibility index (Phi) is 4.94. The highest BCUT2D eigenvalue weighted by molar-refractivity contribution is 7.13. The fourth-order valence-electron chi connectivity index (χ4n) is 2.64. The van der Waals surface area contributed by atoms with E-state index in [1.54, 1.807) is 10.8 Å². The molecule has 4 aromatic rings. The van der Waals surface area contributed by atoms with Crippen molar-refractivity contribution in [3.05, 3.63) is 78.1 Å². The van der Waals surface area contributed by atoms with E-state index in [2.05, 4.69) is 15.3 Å². The van der Waals surface area contributed by atoms with Crippen LogP contribution in [0.1, 0.15) is 0 Å². The van der Waals surface area contributed by atoms with Crippen LogP contribution in [-0.2, 0) is 11.3 Å². The number of halogens is 2. The number of carbonyl (C=O) groups excluding carboxylic acids is 1. The lowest BCUT2D eigenvalue weighted by atomic mass is 10.2. The predicted molar refractivity (Wildman–Crippen MR) is 104 cm³/mol. The Hall–Kier alpha value is -3.39. The van der Waals surface area contributed by atoms with Gasteiger partial charge in [-0.15, -0.1) is 11.3 Å². The van der Waals surface area contributed by atoms with Gasteiger partial charge < -0.3 is 9.88 Å². The van der Waals surface area contributed by atoms with Gasteiger partial charge in [-0.1, -0.05) is 30.3 Å². The van der Waals surface area contributed by atoms with Gasteiger partial charge in [0.05, 0.1) is 17.7 Å². The van der Waals surface area contributed by atoms with Crippen LogP contribution >= 0.6 is 11.3 Å². The topological polar surface area (TPSA) is 59.8 Å². The van der Waals surface area contributed by atoms with E-state index >= 15 is 0 Å². The van der Waals surface area contributed by atoms with E-state index in [1.165, 1.54) is 17.7 Å². The SMILES string of the molecule is O=C(Cn1cnc(-c2nc(-c3ccccc3)cs2)c1)Nc1cc(F)ccc1F. The summed E-state index contributed by atoms with van der Waals surface area (Å²) in [5.41, 5.74) is 2.31. The van der Waals surface area contributed by atoms with Crippen LogP contribution < -0.4 is 5.32 Å². The van der Waals surface area contributed by atoms with Crippen molar-refractivity contribution in [1.82, 2.24) is 14.5 Å². The molecule has 0 aliphatic carbocycles. The number of carbonyl (C=O) groups is 1.